The molecule has 0 aliphatic heterocycles. The SMILES string of the molecule is Cc1ccc(CCC(=O)c2ccccc2C)c(C)c1. The molecule has 0 unspecified atom stereocenters. The Morgan fingerprint density at radius 1 is 0.947 bits per heavy atom. The standard InChI is InChI=1S/C18H20O/c1-13-8-9-16(15(3)12-13)10-11-18(19)17-7-5-4-6-14(17)2/h4-9,12H,10-11H2,1-3H3. The van der Waals surface area contributed by atoms with Crippen LogP contribution in [-0.2, 0) is 6.42 Å². The summed E-state index contributed by atoms with van der Waals surface area (Å²) in [4.78, 5) is 12.2. The van der Waals surface area contributed by atoms with Crippen molar-refractivity contribution >= 4 is 5.78 Å². The maximum atomic E-state index is 12.2. The minimum atomic E-state index is 0.234. The topological polar surface area (TPSA) is 17.1 Å². The Labute approximate surface area is 115 Å². The highest BCUT2D eigenvalue weighted by Gasteiger charge is 2.09. The van der Waals surface area contributed by atoms with Crippen LogP contribution in [-0.4, -0.2) is 5.78 Å². The molecule has 2 aromatic carbocycles. The molecule has 2 aromatic rings. The van der Waals surface area contributed by atoms with Crippen LogP contribution in [0.2, 0.25) is 0 Å². The van der Waals surface area contributed by atoms with Crippen molar-refractivity contribution in [3.8, 4) is 0 Å². The smallest absolute Gasteiger partial charge is 0.163 e. The van der Waals surface area contributed by atoms with Gasteiger partial charge in [0.25, 0.3) is 0 Å². The highest BCUT2D eigenvalue weighted by molar-refractivity contribution is 5.97. The van der Waals surface area contributed by atoms with E-state index in [4.69, 9.17) is 0 Å². The van der Waals surface area contributed by atoms with Crippen molar-refractivity contribution in [2.24, 2.45) is 0 Å². The maximum Gasteiger partial charge on any atom is 0.163 e. The number of hydrogen-bond acceptors (Lipinski definition) is 1. The first-order chi connectivity index (χ1) is 9.08. The molecule has 0 aliphatic carbocycles. The Hall–Kier alpha value is -1.89. The van der Waals surface area contributed by atoms with Crippen molar-refractivity contribution in [2.75, 3.05) is 0 Å². The van der Waals surface area contributed by atoms with E-state index in [1.807, 2.05) is 31.2 Å². The third-order valence-electron chi connectivity index (χ3n) is 3.56. The maximum absolute atomic E-state index is 12.2. The molecule has 0 N–H and O–H groups in total. The molecule has 2 rings (SSSR count). The molecule has 0 aromatic heterocycles. The lowest BCUT2D eigenvalue weighted by molar-refractivity contribution is 0.0982. The summed E-state index contributed by atoms with van der Waals surface area (Å²) in [6.07, 6.45) is 1.40. The number of rotatable bonds is 4. The summed E-state index contributed by atoms with van der Waals surface area (Å²) in [6, 6.07) is 14.2. The van der Waals surface area contributed by atoms with E-state index < -0.39 is 0 Å². The van der Waals surface area contributed by atoms with Gasteiger partial charge in [0, 0.05) is 12.0 Å². The summed E-state index contributed by atoms with van der Waals surface area (Å²) < 4.78 is 0. The molecule has 0 fully saturated rings. The summed E-state index contributed by atoms with van der Waals surface area (Å²) in [5.74, 6) is 0.234. The molecule has 0 saturated carbocycles. The van der Waals surface area contributed by atoms with Crippen molar-refractivity contribution in [3.63, 3.8) is 0 Å². The molecule has 0 heterocycles. The monoisotopic (exact) mass is 252 g/mol. The molecule has 0 radical (unpaired) electrons. The van der Waals surface area contributed by atoms with E-state index in [-0.39, 0.29) is 5.78 Å². The highest BCUT2D eigenvalue weighted by Crippen LogP contribution is 2.15. The first-order valence-corrected chi connectivity index (χ1v) is 6.73. The Morgan fingerprint density at radius 2 is 1.68 bits per heavy atom. The minimum Gasteiger partial charge on any atom is -0.294 e. The van der Waals surface area contributed by atoms with E-state index >= 15 is 0 Å². The Bertz CT molecular complexity index is 596. The van der Waals surface area contributed by atoms with Gasteiger partial charge in [0.05, 0.1) is 0 Å². The van der Waals surface area contributed by atoms with Crippen molar-refractivity contribution in [2.45, 2.75) is 33.6 Å². The fourth-order valence-electron chi connectivity index (χ4n) is 2.39. The molecule has 1 nitrogen and oxygen atoms in total. The van der Waals surface area contributed by atoms with E-state index in [2.05, 4.69) is 32.0 Å². The zero-order chi connectivity index (χ0) is 13.8. The average Bonchev–Trinajstić information content (AvgIpc) is 2.38. The number of benzene rings is 2. The van der Waals surface area contributed by atoms with E-state index in [1.165, 1.54) is 16.7 Å². The predicted molar refractivity (Wildman–Crippen MR) is 79.7 cm³/mol. The molecule has 0 amide bonds. The second-order valence-corrected chi connectivity index (χ2v) is 5.17. The molecule has 1 heteroatoms. The van der Waals surface area contributed by atoms with Crippen molar-refractivity contribution in [3.05, 3.63) is 70.3 Å². The second-order valence-electron chi connectivity index (χ2n) is 5.17. The van der Waals surface area contributed by atoms with Crippen LogP contribution in [0.3, 0.4) is 0 Å². The highest BCUT2D eigenvalue weighted by atomic mass is 16.1. The zero-order valence-corrected chi connectivity index (χ0v) is 11.9. The van der Waals surface area contributed by atoms with E-state index in [0.717, 1.165) is 17.5 Å². The molecule has 0 atom stereocenters. The van der Waals surface area contributed by atoms with Gasteiger partial charge in [0.15, 0.2) is 5.78 Å². The number of ketones is 1. The van der Waals surface area contributed by atoms with Crippen LogP contribution in [0.1, 0.15) is 39.0 Å². The van der Waals surface area contributed by atoms with E-state index in [9.17, 15) is 4.79 Å². The molecule has 19 heavy (non-hydrogen) atoms. The lowest BCUT2D eigenvalue weighted by Gasteiger charge is -2.08. The summed E-state index contributed by atoms with van der Waals surface area (Å²) in [5, 5.41) is 0. The number of carbonyl (C=O) groups excluding carboxylic acids is 1. The van der Waals surface area contributed by atoms with Gasteiger partial charge >= 0.3 is 0 Å². The summed E-state index contributed by atoms with van der Waals surface area (Å²) in [7, 11) is 0. The van der Waals surface area contributed by atoms with Crippen molar-refractivity contribution < 1.29 is 4.79 Å². The normalized spacial score (nSPS) is 10.5. The van der Waals surface area contributed by atoms with Crippen LogP contribution < -0.4 is 0 Å². The number of carbonyl (C=O) groups is 1. The third-order valence-corrected chi connectivity index (χ3v) is 3.56. The molecular weight excluding hydrogens is 232 g/mol. The van der Waals surface area contributed by atoms with Gasteiger partial charge in [0.1, 0.15) is 0 Å². The first kappa shape index (κ1) is 13.5. The van der Waals surface area contributed by atoms with Crippen LogP contribution >= 0.6 is 0 Å². The first-order valence-electron chi connectivity index (χ1n) is 6.73. The van der Waals surface area contributed by atoms with Gasteiger partial charge in [-0.05, 0) is 43.9 Å². The van der Waals surface area contributed by atoms with Gasteiger partial charge in [-0.15, -0.1) is 0 Å². The lowest BCUT2D eigenvalue weighted by Crippen LogP contribution is -2.04. The van der Waals surface area contributed by atoms with Crippen molar-refractivity contribution in [1.82, 2.24) is 0 Å². The molecule has 0 bridgehead atoms. The fraction of sp³-hybridized carbons (Fsp3) is 0.278. The average molecular weight is 252 g/mol. The third kappa shape index (κ3) is 3.31. The lowest BCUT2D eigenvalue weighted by atomic mass is 9.97. The van der Waals surface area contributed by atoms with Crippen molar-refractivity contribution in [1.29, 1.82) is 0 Å². The predicted octanol–water partition coefficient (Wildman–Crippen LogP) is 4.43. The number of hydrogen-bond donors (Lipinski definition) is 0. The van der Waals surface area contributed by atoms with Gasteiger partial charge in [-0.25, -0.2) is 0 Å². The van der Waals surface area contributed by atoms with Gasteiger partial charge < -0.3 is 0 Å². The van der Waals surface area contributed by atoms with Crippen LogP contribution in [0.5, 0.6) is 0 Å². The Morgan fingerprint density at radius 3 is 2.37 bits per heavy atom. The number of Topliss-reactive ketones (excluding diaryl/α,β-unsaturated/α-hetero) is 1. The summed E-state index contributed by atoms with van der Waals surface area (Å²) in [5.41, 5.74) is 5.73. The molecule has 0 spiro atoms. The van der Waals surface area contributed by atoms with Crippen LogP contribution in [0.4, 0.5) is 0 Å². The molecule has 0 aliphatic rings. The Balaban J connectivity index is 2.07. The van der Waals surface area contributed by atoms with E-state index in [1.54, 1.807) is 0 Å². The van der Waals surface area contributed by atoms with E-state index in [0.29, 0.717) is 6.42 Å². The number of aryl methyl sites for hydroxylation is 4. The molecule has 98 valence electrons. The quantitative estimate of drug-likeness (QED) is 0.736. The van der Waals surface area contributed by atoms with Crippen LogP contribution in [0.25, 0.3) is 0 Å². The summed E-state index contributed by atoms with van der Waals surface area (Å²) >= 11 is 0. The van der Waals surface area contributed by atoms with Gasteiger partial charge in [0.2, 0.25) is 0 Å². The minimum absolute atomic E-state index is 0.234. The zero-order valence-electron chi connectivity index (χ0n) is 11.9. The fourth-order valence-corrected chi connectivity index (χ4v) is 2.39. The summed E-state index contributed by atoms with van der Waals surface area (Å²) in [6.45, 7) is 6.19. The van der Waals surface area contributed by atoms with Crippen LogP contribution in [0, 0.1) is 20.8 Å². The van der Waals surface area contributed by atoms with Gasteiger partial charge in [-0.3, -0.25) is 4.79 Å². The second kappa shape index (κ2) is 5.83. The van der Waals surface area contributed by atoms with Gasteiger partial charge in [-0.2, -0.15) is 0 Å². The Kier molecular flexibility index (Phi) is 4.16. The van der Waals surface area contributed by atoms with Crippen LogP contribution in [0.15, 0.2) is 42.5 Å². The molecule has 0 saturated heterocycles. The van der Waals surface area contributed by atoms with Gasteiger partial charge in [-0.1, -0.05) is 48.0 Å². The largest absolute Gasteiger partial charge is 0.294 e. The molecular formula is C18H20O.